The fourth-order valence-electron chi connectivity index (χ4n) is 1.70. The fraction of sp³-hybridized carbons (Fsp3) is 0.600. The third-order valence-electron chi connectivity index (χ3n) is 2.69. The topological polar surface area (TPSA) is 21.3 Å². The second-order valence-electron chi connectivity index (χ2n) is 4.93. The van der Waals surface area contributed by atoms with E-state index >= 15 is 0 Å². The van der Waals surface area contributed by atoms with Gasteiger partial charge in [0.2, 0.25) is 0 Å². The van der Waals surface area contributed by atoms with E-state index in [-0.39, 0.29) is 0 Å². The zero-order chi connectivity index (χ0) is 12.5. The third-order valence-corrected chi connectivity index (χ3v) is 2.69. The summed E-state index contributed by atoms with van der Waals surface area (Å²) in [5.74, 6) is 0.560. The van der Waals surface area contributed by atoms with Crippen molar-refractivity contribution in [1.82, 2.24) is 5.48 Å². The van der Waals surface area contributed by atoms with E-state index in [1.165, 1.54) is 18.4 Å². The Kier molecular flexibility index (Phi) is 6.90. The minimum absolute atomic E-state index is 0.315. The van der Waals surface area contributed by atoms with Crippen molar-refractivity contribution in [3.63, 3.8) is 0 Å². The molecule has 17 heavy (non-hydrogen) atoms. The van der Waals surface area contributed by atoms with E-state index in [2.05, 4.69) is 56.6 Å². The van der Waals surface area contributed by atoms with Gasteiger partial charge in [-0.05, 0) is 17.9 Å². The highest BCUT2D eigenvalue weighted by Gasteiger charge is 2.10. The van der Waals surface area contributed by atoms with E-state index in [9.17, 15) is 0 Å². The number of unbranched alkanes of at least 4 members (excludes halogenated alkanes) is 1. The van der Waals surface area contributed by atoms with Gasteiger partial charge >= 0.3 is 0 Å². The van der Waals surface area contributed by atoms with Crippen LogP contribution < -0.4 is 5.48 Å². The first kappa shape index (κ1) is 14.2. The van der Waals surface area contributed by atoms with Crippen LogP contribution in [0.5, 0.6) is 0 Å². The Balaban J connectivity index is 2.48. The van der Waals surface area contributed by atoms with Crippen LogP contribution in [0.25, 0.3) is 0 Å². The van der Waals surface area contributed by atoms with Gasteiger partial charge in [0.15, 0.2) is 0 Å². The van der Waals surface area contributed by atoms with E-state index < -0.39 is 0 Å². The Morgan fingerprint density at radius 2 is 1.88 bits per heavy atom. The average Bonchev–Trinajstić information content (AvgIpc) is 2.34. The summed E-state index contributed by atoms with van der Waals surface area (Å²) in [5, 5.41) is 0. The van der Waals surface area contributed by atoms with Gasteiger partial charge in [0.25, 0.3) is 0 Å². The number of nitrogens with one attached hydrogen (secondary N) is 1. The Hall–Kier alpha value is -0.860. The summed E-state index contributed by atoms with van der Waals surface area (Å²) >= 11 is 0. The lowest BCUT2D eigenvalue weighted by molar-refractivity contribution is -0.00201. The predicted molar refractivity (Wildman–Crippen MR) is 72.6 cm³/mol. The lowest BCUT2D eigenvalue weighted by Crippen LogP contribution is -2.23. The number of hydrogen-bond donors (Lipinski definition) is 1. The molecule has 1 atom stereocenters. The molecule has 1 N–H and O–H groups in total. The van der Waals surface area contributed by atoms with Gasteiger partial charge in [-0.15, -0.1) is 0 Å². The molecule has 0 aliphatic rings. The summed E-state index contributed by atoms with van der Waals surface area (Å²) in [4.78, 5) is 5.56. The SMILES string of the molecule is CCCCC(NOCC(C)C)c1ccccc1. The molecule has 96 valence electrons. The van der Waals surface area contributed by atoms with Crippen molar-refractivity contribution < 1.29 is 4.84 Å². The number of hydrogen-bond acceptors (Lipinski definition) is 2. The van der Waals surface area contributed by atoms with Crippen LogP contribution in [0, 0.1) is 5.92 Å². The van der Waals surface area contributed by atoms with E-state index in [1.54, 1.807) is 0 Å². The highest BCUT2D eigenvalue weighted by Crippen LogP contribution is 2.19. The molecule has 0 spiro atoms. The van der Waals surface area contributed by atoms with E-state index in [1.807, 2.05) is 0 Å². The van der Waals surface area contributed by atoms with E-state index in [0.29, 0.717) is 12.0 Å². The quantitative estimate of drug-likeness (QED) is 0.685. The molecule has 0 fully saturated rings. The molecule has 1 rings (SSSR count). The van der Waals surface area contributed by atoms with E-state index in [0.717, 1.165) is 13.0 Å². The van der Waals surface area contributed by atoms with Gasteiger partial charge in [-0.3, -0.25) is 0 Å². The maximum absolute atomic E-state index is 5.56. The van der Waals surface area contributed by atoms with Crippen molar-refractivity contribution in [2.24, 2.45) is 5.92 Å². The van der Waals surface area contributed by atoms with Gasteiger partial charge in [0.05, 0.1) is 12.6 Å². The molecule has 0 amide bonds. The molecule has 1 aromatic carbocycles. The monoisotopic (exact) mass is 235 g/mol. The molecular weight excluding hydrogens is 210 g/mol. The summed E-state index contributed by atoms with van der Waals surface area (Å²) in [7, 11) is 0. The molecule has 0 aliphatic heterocycles. The van der Waals surface area contributed by atoms with Crippen LogP contribution in [-0.4, -0.2) is 6.61 Å². The van der Waals surface area contributed by atoms with Crippen molar-refractivity contribution in [3.05, 3.63) is 35.9 Å². The zero-order valence-electron chi connectivity index (χ0n) is 11.3. The average molecular weight is 235 g/mol. The van der Waals surface area contributed by atoms with Crippen molar-refractivity contribution in [2.75, 3.05) is 6.61 Å². The third kappa shape index (κ3) is 5.85. The summed E-state index contributed by atoms with van der Waals surface area (Å²) in [6.07, 6.45) is 3.56. The maximum atomic E-state index is 5.56. The molecule has 2 heteroatoms. The van der Waals surface area contributed by atoms with Crippen LogP contribution in [0.15, 0.2) is 30.3 Å². The van der Waals surface area contributed by atoms with Gasteiger partial charge in [0, 0.05) is 0 Å². The Morgan fingerprint density at radius 1 is 1.18 bits per heavy atom. The van der Waals surface area contributed by atoms with Crippen LogP contribution in [0.2, 0.25) is 0 Å². The Labute approximate surface area is 105 Å². The van der Waals surface area contributed by atoms with E-state index in [4.69, 9.17) is 4.84 Å². The first-order valence-corrected chi connectivity index (χ1v) is 6.66. The molecule has 0 aromatic heterocycles. The van der Waals surface area contributed by atoms with Crippen LogP contribution in [0.3, 0.4) is 0 Å². The molecule has 2 nitrogen and oxygen atoms in total. The standard InChI is InChI=1S/C15H25NO/c1-4-5-11-15(16-17-12-13(2)3)14-9-7-6-8-10-14/h6-10,13,15-16H,4-5,11-12H2,1-3H3. The van der Waals surface area contributed by atoms with Gasteiger partial charge in [0.1, 0.15) is 0 Å². The summed E-state index contributed by atoms with van der Waals surface area (Å²) in [6, 6.07) is 10.8. The first-order valence-electron chi connectivity index (χ1n) is 6.66. The molecular formula is C15H25NO. The second kappa shape index (κ2) is 8.26. The lowest BCUT2D eigenvalue weighted by Gasteiger charge is -2.19. The molecule has 0 heterocycles. The van der Waals surface area contributed by atoms with Gasteiger partial charge in [-0.25, -0.2) is 0 Å². The summed E-state index contributed by atoms with van der Waals surface area (Å²) in [6.45, 7) is 7.29. The molecule has 1 unspecified atom stereocenters. The highest BCUT2D eigenvalue weighted by molar-refractivity contribution is 5.18. The normalized spacial score (nSPS) is 12.9. The molecule has 0 saturated heterocycles. The van der Waals surface area contributed by atoms with Crippen molar-refractivity contribution in [2.45, 2.75) is 46.1 Å². The van der Waals surface area contributed by atoms with Crippen LogP contribution in [0.1, 0.15) is 51.6 Å². The smallest absolute Gasteiger partial charge is 0.0705 e. The molecule has 0 aliphatic carbocycles. The maximum Gasteiger partial charge on any atom is 0.0705 e. The Bertz CT molecular complexity index is 284. The van der Waals surface area contributed by atoms with Crippen molar-refractivity contribution >= 4 is 0 Å². The number of benzene rings is 1. The van der Waals surface area contributed by atoms with Crippen LogP contribution in [0.4, 0.5) is 0 Å². The second-order valence-corrected chi connectivity index (χ2v) is 4.93. The van der Waals surface area contributed by atoms with Gasteiger partial charge in [-0.2, -0.15) is 5.48 Å². The predicted octanol–water partition coefficient (Wildman–Crippen LogP) is 4.10. The van der Waals surface area contributed by atoms with Crippen LogP contribution >= 0.6 is 0 Å². The molecule has 1 aromatic rings. The minimum Gasteiger partial charge on any atom is -0.301 e. The zero-order valence-corrected chi connectivity index (χ0v) is 11.3. The number of hydroxylamine groups is 1. The lowest BCUT2D eigenvalue weighted by atomic mass is 10.0. The fourth-order valence-corrected chi connectivity index (χ4v) is 1.70. The number of rotatable bonds is 8. The summed E-state index contributed by atoms with van der Waals surface area (Å²) in [5.41, 5.74) is 4.51. The largest absolute Gasteiger partial charge is 0.301 e. The minimum atomic E-state index is 0.315. The summed E-state index contributed by atoms with van der Waals surface area (Å²) < 4.78 is 0. The van der Waals surface area contributed by atoms with Crippen LogP contribution in [-0.2, 0) is 4.84 Å². The van der Waals surface area contributed by atoms with Crippen molar-refractivity contribution in [1.29, 1.82) is 0 Å². The Morgan fingerprint density at radius 3 is 2.47 bits per heavy atom. The molecule has 0 saturated carbocycles. The van der Waals surface area contributed by atoms with Crippen molar-refractivity contribution in [3.8, 4) is 0 Å². The molecule has 0 bridgehead atoms. The first-order chi connectivity index (χ1) is 8.24. The van der Waals surface area contributed by atoms with Gasteiger partial charge < -0.3 is 4.84 Å². The molecule has 0 radical (unpaired) electrons. The highest BCUT2D eigenvalue weighted by atomic mass is 16.6. The van der Waals surface area contributed by atoms with Gasteiger partial charge in [-0.1, -0.05) is 63.9 Å².